The van der Waals surface area contributed by atoms with Crippen LogP contribution in [0.4, 0.5) is 15.9 Å². The highest BCUT2D eigenvalue weighted by molar-refractivity contribution is 5.81. The van der Waals surface area contributed by atoms with Crippen molar-refractivity contribution in [1.29, 1.82) is 0 Å². The van der Waals surface area contributed by atoms with Crippen molar-refractivity contribution in [2.45, 2.75) is 19.8 Å². The number of aryl methyl sites for hydroxylation is 1. The zero-order chi connectivity index (χ0) is 18.7. The minimum Gasteiger partial charge on any atom is -0.364 e. The van der Waals surface area contributed by atoms with Crippen LogP contribution < -0.4 is 5.01 Å². The Morgan fingerprint density at radius 1 is 1.31 bits per heavy atom. The van der Waals surface area contributed by atoms with Crippen LogP contribution in [0.2, 0.25) is 0 Å². The second kappa shape index (κ2) is 7.76. The summed E-state index contributed by atoms with van der Waals surface area (Å²) in [5.74, 6) is -0.327. The van der Waals surface area contributed by atoms with Crippen LogP contribution in [-0.2, 0) is 4.74 Å². The number of anilines is 1. The van der Waals surface area contributed by atoms with E-state index in [1.54, 1.807) is 37.2 Å². The van der Waals surface area contributed by atoms with E-state index in [9.17, 15) is 14.5 Å². The normalized spacial score (nSPS) is 15.5. The van der Waals surface area contributed by atoms with Crippen LogP contribution in [0.15, 0.2) is 30.3 Å². The molecule has 2 heterocycles. The summed E-state index contributed by atoms with van der Waals surface area (Å²) < 4.78 is 19.8. The first-order chi connectivity index (χ1) is 12.5. The number of hydrogen-bond acceptors (Lipinski definition) is 6. The summed E-state index contributed by atoms with van der Waals surface area (Å²) in [6.07, 6.45) is 1.86. The van der Waals surface area contributed by atoms with Crippen molar-refractivity contribution in [3.8, 4) is 11.1 Å². The average molecular weight is 360 g/mol. The second-order valence-corrected chi connectivity index (χ2v) is 6.22. The third-order valence-corrected chi connectivity index (χ3v) is 4.38. The maximum atomic E-state index is 14.3. The molecule has 0 unspecified atom stereocenters. The molecule has 0 bridgehead atoms. The summed E-state index contributed by atoms with van der Waals surface area (Å²) >= 11 is 0. The fourth-order valence-corrected chi connectivity index (χ4v) is 3.04. The molecule has 1 aromatic heterocycles. The number of nitro groups is 1. The number of benzene rings is 1. The molecular weight excluding hydrogens is 339 g/mol. The van der Waals surface area contributed by atoms with Gasteiger partial charge in [-0.2, -0.15) is 5.01 Å². The van der Waals surface area contributed by atoms with Crippen LogP contribution in [-0.4, -0.2) is 41.8 Å². The number of hydrazine groups is 1. The van der Waals surface area contributed by atoms with Gasteiger partial charge in [0.2, 0.25) is 5.82 Å². The van der Waals surface area contributed by atoms with Crippen LogP contribution in [0.3, 0.4) is 0 Å². The molecule has 3 rings (SSSR count). The molecule has 2 aromatic rings. The van der Waals surface area contributed by atoms with Crippen molar-refractivity contribution in [1.82, 2.24) is 9.99 Å². The minimum atomic E-state index is -0.507. The molecule has 0 atom stereocenters. The van der Waals surface area contributed by atoms with Crippen molar-refractivity contribution >= 4 is 11.5 Å². The smallest absolute Gasteiger partial charge is 0.320 e. The lowest BCUT2D eigenvalue weighted by Gasteiger charge is -2.31. The van der Waals surface area contributed by atoms with E-state index in [4.69, 9.17) is 4.74 Å². The third-order valence-electron chi connectivity index (χ3n) is 4.38. The van der Waals surface area contributed by atoms with Crippen LogP contribution in [0.5, 0.6) is 0 Å². The minimum absolute atomic E-state index is 0.179. The molecule has 1 aromatic carbocycles. The van der Waals surface area contributed by atoms with Crippen molar-refractivity contribution in [3.05, 3.63) is 52.0 Å². The topological polar surface area (TPSA) is 71.7 Å². The Kier molecular flexibility index (Phi) is 5.43. The molecule has 1 fully saturated rings. The highest BCUT2D eigenvalue weighted by atomic mass is 19.1. The zero-order valence-electron chi connectivity index (χ0n) is 14.8. The van der Waals surface area contributed by atoms with E-state index in [1.807, 2.05) is 5.01 Å². The number of hydrogen-bond donors (Lipinski definition) is 0. The summed E-state index contributed by atoms with van der Waals surface area (Å²) in [6, 6.07) is 7.59. The van der Waals surface area contributed by atoms with Gasteiger partial charge >= 0.3 is 5.69 Å². The molecule has 1 aliphatic rings. The van der Waals surface area contributed by atoms with Gasteiger partial charge in [0.05, 0.1) is 10.5 Å². The highest BCUT2D eigenvalue weighted by Crippen LogP contribution is 2.38. The molecule has 0 radical (unpaired) electrons. The number of nitrogens with zero attached hydrogens (tertiary/aromatic N) is 4. The highest BCUT2D eigenvalue weighted by Gasteiger charge is 2.29. The summed E-state index contributed by atoms with van der Waals surface area (Å²) in [4.78, 5) is 15.7. The molecular formula is C18H21FN4O3. The summed E-state index contributed by atoms with van der Waals surface area (Å²) in [5, 5.41) is 15.4. The molecule has 1 saturated heterocycles. The molecule has 0 spiro atoms. The predicted octanol–water partition coefficient (Wildman–Crippen LogP) is 3.53. The average Bonchev–Trinajstić information content (AvgIpc) is 2.90. The summed E-state index contributed by atoms with van der Waals surface area (Å²) in [7, 11) is 1.72. The molecule has 138 valence electrons. The van der Waals surface area contributed by atoms with E-state index in [0.29, 0.717) is 25.6 Å². The van der Waals surface area contributed by atoms with E-state index in [2.05, 4.69) is 4.98 Å². The summed E-state index contributed by atoms with van der Waals surface area (Å²) in [5.41, 5.74) is 0.767. The monoisotopic (exact) mass is 360 g/mol. The predicted molar refractivity (Wildman–Crippen MR) is 96.2 cm³/mol. The van der Waals surface area contributed by atoms with E-state index < -0.39 is 10.7 Å². The maximum absolute atomic E-state index is 14.3. The van der Waals surface area contributed by atoms with Gasteiger partial charge in [0.15, 0.2) is 0 Å². The van der Waals surface area contributed by atoms with Crippen LogP contribution in [0.1, 0.15) is 18.5 Å². The lowest BCUT2D eigenvalue weighted by Crippen LogP contribution is -2.42. The van der Waals surface area contributed by atoms with E-state index in [-0.39, 0.29) is 22.6 Å². The Balaban J connectivity index is 2.13. The van der Waals surface area contributed by atoms with Gasteiger partial charge in [-0.3, -0.25) is 15.1 Å². The molecule has 0 N–H and O–H groups in total. The Labute approximate surface area is 151 Å². The van der Waals surface area contributed by atoms with Crippen LogP contribution in [0.25, 0.3) is 11.1 Å². The Hall–Kier alpha value is -2.58. The van der Waals surface area contributed by atoms with Gasteiger partial charge in [0, 0.05) is 31.5 Å². The number of halogens is 1. The van der Waals surface area contributed by atoms with E-state index in [1.165, 1.54) is 12.1 Å². The van der Waals surface area contributed by atoms with Gasteiger partial charge in [0.1, 0.15) is 12.5 Å². The first-order valence-corrected chi connectivity index (χ1v) is 8.46. The molecule has 0 saturated carbocycles. The molecule has 1 aliphatic heterocycles. The fraction of sp³-hybridized carbons (Fsp3) is 0.389. The van der Waals surface area contributed by atoms with Gasteiger partial charge in [-0.15, -0.1) is 0 Å². The lowest BCUT2D eigenvalue weighted by molar-refractivity contribution is -0.383. The third kappa shape index (κ3) is 3.66. The number of rotatable bonds is 4. The van der Waals surface area contributed by atoms with Gasteiger partial charge < -0.3 is 4.74 Å². The summed E-state index contributed by atoms with van der Waals surface area (Å²) in [6.45, 7) is 3.44. The Bertz CT molecular complexity index is 807. The first kappa shape index (κ1) is 18.2. The SMILES string of the molecule is Cc1cc(-c2ccccc2F)c([N+](=O)[O-])c(N(C)N2CCCCOC2)n1. The van der Waals surface area contributed by atoms with Crippen molar-refractivity contribution in [3.63, 3.8) is 0 Å². The largest absolute Gasteiger partial charge is 0.364 e. The lowest BCUT2D eigenvalue weighted by atomic mass is 10.0. The van der Waals surface area contributed by atoms with Gasteiger partial charge in [-0.1, -0.05) is 18.2 Å². The molecule has 0 amide bonds. The van der Waals surface area contributed by atoms with E-state index in [0.717, 1.165) is 12.8 Å². The number of ether oxygens (including phenoxy) is 1. The second-order valence-electron chi connectivity index (χ2n) is 6.22. The van der Waals surface area contributed by atoms with Crippen LogP contribution >= 0.6 is 0 Å². The molecule has 7 nitrogen and oxygen atoms in total. The van der Waals surface area contributed by atoms with Crippen LogP contribution in [0, 0.1) is 22.9 Å². The molecule has 0 aliphatic carbocycles. The fourth-order valence-electron chi connectivity index (χ4n) is 3.04. The quantitative estimate of drug-likeness (QED) is 0.614. The van der Waals surface area contributed by atoms with Gasteiger partial charge in [-0.05, 0) is 31.9 Å². The van der Waals surface area contributed by atoms with Gasteiger partial charge in [-0.25, -0.2) is 9.37 Å². The zero-order valence-corrected chi connectivity index (χ0v) is 14.8. The van der Waals surface area contributed by atoms with E-state index >= 15 is 0 Å². The van der Waals surface area contributed by atoms with Crippen molar-refractivity contribution in [2.75, 3.05) is 31.9 Å². The Morgan fingerprint density at radius 2 is 2.08 bits per heavy atom. The molecule has 8 heteroatoms. The standard InChI is InChI=1S/C18H21FN4O3/c1-13-11-15(14-7-3-4-8-16(14)19)17(23(24)25)18(20-13)21(2)22-9-5-6-10-26-12-22/h3-4,7-8,11H,5-6,9-10,12H2,1-2H3. The van der Waals surface area contributed by atoms with Crippen molar-refractivity contribution in [2.24, 2.45) is 0 Å². The van der Waals surface area contributed by atoms with Gasteiger partial charge in [0.25, 0.3) is 0 Å². The molecule has 26 heavy (non-hydrogen) atoms. The number of aromatic nitrogens is 1. The first-order valence-electron chi connectivity index (χ1n) is 8.46. The van der Waals surface area contributed by atoms with Crippen molar-refractivity contribution < 1.29 is 14.1 Å². The number of pyridine rings is 1. The Morgan fingerprint density at radius 3 is 2.81 bits per heavy atom. The maximum Gasteiger partial charge on any atom is 0.320 e.